The SMILES string of the molecule is Cc1cc(C(=O)NC2CCC(CO)CC2)cc(C)c1OC(F)F. The maximum absolute atomic E-state index is 12.4. The minimum atomic E-state index is -2.88. The number of aryl methyl sites for hydroxylation is 2. The standard InChI is InChI=1S/C17H23F2NO3/c1-10-7-13(8-11(2)15(10)23-17(18)19)16(22)20-14-5-3-12(9-21)4-6-14/h7-8,12,14,17,21H,3-6,9H2,1-2H3,(H,20,22). The lowest BCUT2D eigenvalue weighted by atomic mass is 9.86. The lowest BCUT2D eigenvalue weighted by Gasteiger charge is -2.28. The van der Waals surface area contributed by atoms with E-state index in [2.05, 4.69) is 10.1 Å². The summed E-state index contributed by atoms with van der Waals surface area (Å²) in [6.07, 6.45) is 3.50. The van der Waals surface area contributed by atoms with Crippen LogP contribution in [0, 0.1) is 19.8 Å². The minimum Gasteiger partial charge on any atom is -0.434 e. The van der Waals surface area contributed by atoms with E-state index in [0.717, 1.165) is 25.7 Å². The van der Waals surface area contributed by atoms with Gasteiger partial charge in [-0.05, 0) is 68.7 Å². The van der Waals surface area contributed by atoms with Gasteiger partial charge in [-0.15, -0.1) is 0 Å². The average Bonchev–Trinajstić information content (AvgIpc) is 2.51. The number of aliphatic hydroxyl groups excluding tert-OH is 1. The zero-order valence-electron chi connectivity index (χ0n) is 13.4. The first-order chi connectivity index (χ1) is 10.9. The Morgan fingerprint density at radius 2 is 1.83 bits per heavy atom. The van der Waals surface area contributed by atoms with Crippen LogP contribution in [0.4, 0.5) is 8.78 Å². The van der Waals surface area contributed by atoms with Gasteiger partial charge >= 0.3 is 6.61 Å². The molecule has 0 aromatic heterocycles. The molecule has 1 fully saturated rings. The molecule has 2 rings (SSSR count). The molecule has 0 heterocycles. The second kappa shape index (κ2) is 7.73. The van der Waals surface area contributed by atoms with E-state index in [1.165, 1.54) is 0 Å². The van der Waals surface area contributed by atoms with Crippen LogP contribution < -0.4 is 10.1 Å². The number of hydrogen-bond donors (Lipinski definition) is 2. The normalized spacial score (nSPS) is 21.3. The number of amides is 1. The quantitative estimate of drug-likeness (QED) is 0.873. The smallest absolute Gasteiger partial charge is 0.387 e. The van der Waals surface area contributed by atoms with Crippen LogP contribution in [0.2, 0.25) is 0 Å². The van der Waals surface area contributed by atoms with Crippen molar-refractivity contribution in [3.8, 4) is 5.75 Å². The van der Waals surface area contributed by atoms with E-state index in [4.69, 9.17) is 5.11 Å². The molecule has 4 nitrogen and oxygen atoms in total. The Bertz CT molecular complexity index is 532. The molecule has 1 saturated carbocycles. The van der Waals surface area contributed by atoms with Gasteiger partial charge in [-0.1, -0.05) is 0 Å². The Hall–Kier alpha value is -1.69. The predicted molar refractivity (Wildman–Crippen MR) is 82.8 cm³/mol. The highest BCUT2D eigenvalue weighted by molar-refractivity contribution is 5.95. The fourth-order valence-electron chi connectivity index (χ4n) is 3.11. The summed E-state index contributed by atoms with van der Waals surface area (Å²) in [5, 5.41) is 12.1. The van der Waals surface area contributed by atoms with E-state index in [1.807, 2.05) is 0 Å². The fourth-order valence-corrected chi connectivity index (χ4v) is 3.11. The topological polar surface area (TPSA) is 58.6 Å². The van der Waals surface area contributed by atoms with Crippen LogP contribution in [0.3, 0.4) is 0 Å². The van der Waals surface area contributed by atoms with Crippen molar-refractivity contribution < 1.29 is 23.4 Å². The van der Waals surface area contributed by atoms with Crippen LogP contribution >= 0.6 is 0 Å². The van der Waals surface area contributed by atoms with E-state index in [0.29, 0.717) is 22.6 Å². The van der Waals surface area contributed by atoms with E-state index >= 15 is 0 Å². The molecule has 0 saturated heterocycles. The summed E-state index contributed by atoms with van der Waals surface area (Å²) in [6.45, 7) is 0.612. The number of aliphatic hydroxyl groups is 1. The number of benzene rings is 1. The van der Waals surface area contributed by atoms with Crippen molar-refractivity contribution in [1.29, 1.82) is 0 Å². The molecular formula is C17H23F2NO3. The molecule has 1 amide bonds. The molecule has 1 aromatic rings. The second-order valence-electron chi connectivity index (χ2n) is 6.19. The van der Waals surface area contributed by atoms with Crippen molar-refractivity contribution in [1.82, 2.24) is 5.32 Å². The van der Waals surface area contributed by atoms with Gasteiger partial charge in [0.05, 0.1) is 0 Å². The zero-order valence-corrected chi connectivity index (χ0v) is 13.4. The summed E-state index contributed by atoms with van der Waals surface area (Å²) in [7, 11) is 0. The number of alkyl halides is 2. The van der Waals surface area contributed by atoms with Crippen molar-refractivity contribution in [2.75, 3.05) is 6.61 Å². The summed E-state index contributed by atoms with van der Waals surface area (Å²) >= 11 is 0. The third-order valence-electron chi connectivity index (χ3n) is 4.37. The minimum absolute atomic E-state index is 0.0999. The highest BCUT2D eigenvalue weighted by Crippen LogP contribution is 2.27. The van der Waals surface area contributed by atoms with Gasteiger partial charge in [0.15, 0.2) is 0 Å². The first-order valence-electron chi connectivity index (χ1n) is 7.88. The molecule has 1 aromatic carbocycles. The third kappa shape index (κ3) is 4.64. The van der Waals surface area contributed by atoms with Crippen LogP contribution in [0.1, 0.15) is 47.2 Å². The Labute approximate surface area is 134 Å². The monoisotopic (exact) mass is 327 g/mol. The van der Waals surface area contributed by atoms with Gasteiger partial charge in [-0.25, -0.2) is 0 Å². The first kappa shape index (κ1) is 17.7. The van der Waals surface area contributed by atoms with E-state index in [9.17, 15) is 13.6 Å². The number of rotatable bonds is 5. The highest BCUT2D eigenvalue weighted by Gasteiger charge is 2.23. The van der Waals surface area contributed by atoms with Crippen molar-refractivity contribution in [2.24, 2.45) is 5.92 Å². The van der Waals surface area contributed by atoms with Gasteiger partial charge in [0.25, 0.3) is 5.91 Å². The molecule has 0 spiro atoms. The Morgan fingerprint density at radius 3 is 2.30 bits per heavy atom. The van der Waals surface area contributed by atoms with Crippen molar-refractivity contribution in [3.05, 3.63) is 28.8 Å². The molecular weight excluding hydrogens is 304 g/mol. The van der Waals surface area contributed by atoms with Crippen molar-refractivity contribution in [2.45, 2.75) is 52.2 Å². The van der Waals surface area contributed by atoms with Crippen LogP contribution in [0.15, 0.2) is 12.1 Å². The largest absolute Gasteiger partial charge is 0.434 e. The van der Waals surface area contributed by atoms with Gasteiger partial charge in [0.2, 0.25) is 0 Å². The maximum atomic E-state index is 12.4. The molecule has 0 radical (unpaired) electrons. The predicted octanol–water partition coefficient (Wildman–Crippen LogP) is 3.19. The Kier molecular flexibility index (Phi) is 5.93. The number of nitrogens with one attached hydrogen (secondary N) is 1. The molecule has 6 heteroatoms. The van der Waals surface area contributed by atoms with Gasteiger partial charge in [0, 0.05) is 18.2 Å². The number of hydrogen-bond acceptors (Lipinski definition) is 3. The van der Waals surface area contributed by atoms with Crippen LogP contribution in [-0.4, -0.2) is 30.3 Å². The second-order valence-corrected chi connectivity index (χ2v) is 6.19. The molecule has 128 valence electrons. The average molecular weight is 327 g/mol. The molecule has 0 unspecified atom stereocenters. The highest BCUT2D eigenvalue weighted by atomic mass is 19.3. The summed E-state index contributed by atoms with van der Waals surface area (Å²) in [4.78, 5) is 12.4. The lowest BCUT2D eigenvalue weighted by molar-refractivity contribution is -0.0507. The van der Waals surface area contributed by atoms with Gasteiger partial charge in [0.1, 0.15) is 5.75 Å². The van der Waals surface area contributed by atoms with Crippen LogP contribution in [-0.2, 0) is 0 Å². The van der Waals surface area contributed by atoms with Crippen LogP contribution in [0.25, 0.3) is 0 Å². The number of carbonyl (C=O) groups is 1. The summed E-state index contributed by atoms with van der Waals surface area (Å²) in [5.74, 6) is 0.255. The molecule has 0 bridgehead atoms. The molecule has 1 aliphatic rings. The summed E-state index contributed by atoms with van der Waals surface area (Å²) < 4.78 is 29.3. The molecule has 0 atom stereocenters. The first-order valence-corrected chi connectivity index (χ1v) is 7.88. The Morgan fingerprint density at radius 1 is 1.26 bits per heavy atom. The fraction of sp³-hybridized carbons (Fsp3) is 0.588. The molecule has 1 aliphatic carbocycles. The van der Waals surface area contributed by atoms with Crippen LogP contribution in [0.5, 0.6) is 5.75 Å². The molecule has 0 aliphatic heterocycles. The van der Waals surface area contributed by atoms with Crippen molar-refractivity contribution in [3.63, 3.8) is 0 Å². The number of halogens is 2. The van der Waals surface area contributed by atoms with Gasteiger partial charge in [-0.3, -0.25) is 4.79 Å². The Balaban J connectivity index is 2.02. The van der Waals surface area contributed by atoms with Gasteiger partial charge in [-0.2, -0.15) is 8.78 Å². The lowest BCUT2D eigenvalue weighted by Crippen LogP contribution is -2.38. The zero-order chi connectivity index (χ0) is 17.0. The van der Waals surface area contributed by atoms with E-state index in [1.54, 1.807) is 26.0 Å². The van der Waals surface area contributed by atoms with E-state index < -0.39 is 6.61 Å². The number of ether oxygens (including phenoxy) is 1. The summed E-state index contributed by atoms with van der Waals surface area (Å²) in [5.41, 5.74) is 1.48. The maximum Gasteiger partial charge on any atom is 0.387 e. The van der Waals surface area contributed by atoms with Gasteiger partial charge < -0.3 is 15.2 Å². The molecule has 2 N–H and O–H groups in total. The van der Waals surface area contributed by atoms with Crippen molar-refractivity contribution >= 4 is 5.91 Å². The third-order valence-corrected chi connectivity index (χ3v) is 4.37. The number of carbonyl (C=O) groups excluding carboxylic acids is 1. The van der Waals surface area contributed by atoms with E-state index in [-0.39, 0.29) is 24.3 Å². The molecule has 23 heavy (non-hydrogen) atoms. The summed E-state index contributed by atoms with van der Waals surface area (Å²) in [6, 6.07) is 3.24.